The van der Waals surface area contributed by atoms with Gasteiger partial charge in [0.05, 0.1) is 12.0 Å². The van der Waals surface area contributed by atoms with E-state index in [1.807, 2.05) is 12.5 Å². The van der Waals surface area contributed by atoms with Crippen LogP contribution in [0.1, 0.15) is 25.5 Å². The highest BCUT2D eigenvalue weighted by Gasteiger charge is 2.22. The lowest BCUT2D eigenvalue weighted by Gasteiger charge is -2.27. The number of hydrogen-bond donors (Lipinski definition) is 1. The summed E-state index contributed by atoms with van der Waals surface area (Å²) in [6, 6.07) is 0.704. The molecular weight excluding hydrogens is 236 g/mol. The average Bonchev–Trinajstić information content (AvgIpc) is 2.90. The molecule has 1 aliphatic rings. The molecule has 2 heterocycles. The van der Waals surface area contributed by atoms with E-state index in [9.17, 15) is 0 Å². The summed E-state index contributed by atoms with van der Waals surface area (Å²) >= 11 is 0. The molecule has 1 atom stereocenters. The number of aryl methyl sites for hydroxylation is 1. The zero-order valence-electron chi connectivity index (χ0n) is 10.7. The lowest BCUT2D eigenvalue weighted by Crippen LogP contribution is -2.37. The maximum absolute atomic E-state index is 4.18. The van der Waals surface area contributed by atoms with E-state index in [2.05, 4.69) is 33.7 Å². The average molecular weight is 259 g/mol. The van der Waals surface area contributed by atoms with Crippen molar-refractivity contribution in [1.82, 2.24) is 19.8 Å². The van der Waals surface area contributed by atoms with Gasteiger partial charge in [-0.3, -0.25) is 4.90 Å². The lowest BCUT2D eigenvalue weighted by atomic mass is 10.2. The fourth-order valence-corrected chi connectivity index (χ4v) is 2.37. The Morgan fingerprint density at radius 1 is 1.59 bits per heavy atom. The van der Waals surface area contributed by atoms with Crippen molar-refractivity contribution >= 4 is 12.4 Å². The summed E-state index contributed by atoms with van der Waals surface area (Å²) in [5.41, 5.74) is 1.31. The standard InChI is InChI=1S/C12H22N4.ClH/c1-3-6-16(11-4-5-13-7-11)9-12-8-14-10-15(12)2;/h8,10-11,13H,3-7,9H2,1-2H3;1H. The largest absolute Gasteiger partial charge is 0.337 e. The Hall–Kier alpha value is -0.580. The van der Waals surface area contributed by atoms with E-state index in [4.69, 9.17) is 0 Å². The highest BCUT2D eigenvalue weighted by molar-refractivity contribution is 5.85. The van der Waals surface area contributed by atoms with Crippen LogP contribution in [-0.2, 0) is 13.6 Å². The third-order valence-corrected chi connectivity index (χ3v) is 3.34. The Bertz CT molecular complexity index is 320. The zero-order valence-corrected chi connectivity index (χ0v) is 11.5. The smallest absolute Gasteiger partial charge is 0.0945 e. The first-order chi connectivity index (χ1) is 7.81. The molecule has 0 aliphatic carbocycles. The van der Waals surface area contributed by atoms with Crippen LogP contribution in [0, 0.1) is 0 Å². The van der Waals surface area contributed by atoms with Crippen LogP contribution in [0.15, 0.2) is 12.5 Å². The molecule has 2 rings (SSSR count). The van der Waals surface area contributed by atoms with Gasteiger partial charge in [0, 0.05) is 32.4 Å². The van der Waals surface area contributed by atoms with Gasteiger partial charge in [0.15, 0.2) is 0 Å². The SMILES string of the molecule is CCCN(Cc1cncn1C)C1CCNC1.Cl. The van der Waals surface area contributed by atoms with Crippen LogP contribution in [0.3, 0.4) is 0 Å². The molecule has 1 unspecified atom stereocenters. The summed E-state index contributed by atoms with van der Waals surface area (Å²) in [6.45, 7) is 6.75. The molecule has 1 aromatic heterocycles. The Kier molecular flexibility index (Phi) is 5.95. The molecule has 1 N–H and O–H groups in total. The van der Waals surface area contributed by atoms with Crippen LogP contribution in [0.4, 0.5) is 0 Å². The first kappa shape index (κ1) is 14.5. The maximum Gasteiger partial charge on any atom is 0.0945 e. The second kappa shape index (κ2) is 6.99. The number of nitrogens with zero attached hydrogens (tertiary/aromatic N) is 3. The van der Waals surface area contributed by atoms with Crippen molar-refractivity contribution in [3.63, 3.8) is 0 Å². The quantitative estimate of drug-likeness (QED) is 0.867. The minimum absolute atomic E-state index is 0. The van der Waals surface area contributed by atoms with E-state index in [1.54, 1.807) is 0 Å². The van der Waals surface area contributed by atoms with Crippen LogP contribution in [0.2, 0.25) is 0 Å². The second-order valence-corrected chi connectivity index (χ2v) is 4.61. The molecule has 1 fully saturated rings. The number of aromatic nitrogens is 2. The van der Waals surface area contributed by atoms with Crippen LogP contribution < -0.4 is 5.32 Å². The molecule has 1 saturated heterocycles. The summed E-state index contributed by atoms with van der Waals surface area (Å²) in [6.07, 6.45) is 6.35. The molecule has 17 heavy (non-hydrogen) atoms. The van der Waals surface area contributed by atoms with Gasteiger partial charge in [0.2, 0.25) is 0 Å². The van der Waals surface area contributed by atoms with E-state index in [-0.39, 0.29) is 12.4 Å². The number of hydrogen-bond acceptors (Lipinski definition) is 3. The fraction of sp³-hybridized carbons (Fsp3) is 0.750. The van der Waals surface area contributed by atoms with Crippen LogP contribution in [0.5, 0.6) is 0 Å². The van der Waals surface area contributed by atoms with Gasteiger partial charge in [-0.15, -0.1) is 12.4 Å². The molecule has 0 aromatic carbocycles. The fourth-order valence-electron chi connectivity index (χ4n) is 2.37. The summed E-state index contributed by atoms with van der Waals surface area (Å²) < 4.78 is 2.12. The maximum atomic E-state index is 4.18. The van der Waals surface area contributed by atoms with E-state index in [0.29, 0.717) is 6.04 Å². The highest BCUT2D eigenvalue weighted by Crippen LogP contribution is 2.13. The van der Waals surface area contributed by atoms with E-state index < -0.39 is 0 Å². The van der Waals surface area contributed by atoms with Crippen molar-refractivity contribution in [3.05, 3.63) is 18.2 Å². The van der Waals surface area contributed by atoms with Crippen molar-refractivity contribution in [2.45, 2.75) is 32.4 Å². The zero-order chi connectivity index (χ0) is 11.4. The topological polar surface area (TPSA) is 33.1 Å². The minimum atomic E-state index is 0. The molecule has 98 valence electrons. The lowest BCUT2D eigenvalue weighted by molar-refractivity contribution is 0.195. The van der Waals surface area contributed by atoms with E-state index in [0.717, 1.165) is 19.6 Å². The molecular formula is C12H23ClN4. The first-order valence-electron chi connectivity index (χ1n) is 6.21. The second-order valence-electron chi connectivity index (χ2n) is 4.61. The molecule has 4 nitrogen and oxygen atoms in total. The van der Waals surface area contributed by atoms with Crippen molar-refractivity contribution in [1.29, 1.82) is 0 Å². The Morgan fingerprint density at radius 3 is 2.94 bits per heavy atom. The normalized spacial score (nSPS) is 19.6. The van der Waals surface area contributed by atoms with Crippen molar-refractivity contribution in [2.75, 3.05) is 19.6 Å². The van der Waals surface area contributed by atoms with Gasteiger partial charge in [0.25, 0.3) is 0 Å². The molecule has 0 radical (unpaired) electrons. The Labute approximate surface area is 110 Å². The molecule has 0 saturated carbocycles. The van der Waals surface area contributed by atoms with Gasteiger partial charge >= 0.3 is 0 Å². The van der Waals surface area contributed by atoms with Gasteiger partial charge in [0.1, 0.15) is 0 Å². The molecule has 1 aromatic rings. The highest BCUT2D eigenvalue weighted by atomic mass is 35.5. The molecule has 5 heteroatoms. The predicted molar refractivity (Wildman–Crippen MR) is 72.4 cm³/mol. The third-order valence-electron chi connectivity index (χ3n) is 3.34. The predicted octanol–water partition coefficient (Wildman–Crippen LogP) is 1.42. The Balaban J connectivity index is 0.00000144. The van der Waals surface area contributed by atoms with Crippen LogP contribution in [-0.4, -0.2) is 40.1 Å². The van der Waals surface area contributed by atoms with Crippen molar-refractivity contribution in [3.8, 4) is 0 Å². The number of halogens is 1. The van der Waals surface area contributed by atoms with Crippen molar-refractivity contribution in [2.24, 2.45) is 7.05 Å². The van der Waals surface area contributed by atoms with Gasteiger partial charge < -0.3 is 9.88 Å². The monoisotopic (exact) mass is 258 g/mol. The summed E-state index contributed by atoms with van der Waals surface area (Å²) in [4.78, 5) is 6.76. The van der Waals surface area contributed by atoms with Gasteiger partial charge in [-0.1, -0.05) is 6.92 Å². The van der Waals surface area contributed by atoms with Crippen LogP contribution >= 0.6 is 12.4 Å². The van der Waals surface area contributed by atoms with Crippen molar-refractivity contribution < 1.29 is 0 Å². The third kappa shape index (κ3) is 3.69. The number of nitrogens with one attached hydrogen (secondary N) is 1. The molecule has 0 bridgehead atoms. The molecule has 0 amide bonds. The number of imidazole rings is 1. The summed E-state index contributed by atoms with van der Waals surface area (Å²) in [5, 5.41) is 3.44. The van der Waals surface area contributed by atoms with E-state index >= 15 is 0 Å². The summed E-state index contributed by atoms with van der Waals surface area (Å²) in [7, 11) is 2.07. The number of rotatable bonds is 5. The van der Waals surface area contributed by atoms with Gasteiger partial charge in [-0.05, 0) is 25.9 Å². The first-order valence-corrected chi connectivity index (χ1v) is 6.21. The molecule has 0 spiro atoms. The Morgan fingerprint density at radius 2 is 2.41 bits per heavy atom. The minimum Gasteiger partial charge on any atom is -0.337 e. The van der Waals surface area contributed by atoms with E-state index in [1.165, 1.54) is 25.1 Å². The van der Waals surface area contributed by atoms with Gasteiger partial charge in [-0.25, -0.2) is 4.98 Å². The van der Waals surface area contributed by atoms with Gasteiger partial charge in [-0.2, -0.15) is 0 Å². The molecule has 1 aliphatic heterocycles. The summed E-state index contributed by atoms with van der Waals surface area (Å²) in [5.74, 6) is 0. The van der Waals surface area contributed by atoms with Crippen LogP contribution in [0.25, 0.3) is 0 Å².